The number of carbonyl (C=O) groups is 1. The van der Waals surface area contributed by atoms with Crippen molar-refractivity contribution in [3.05, 3.63) is 47.5 Å². The van der Waals surface area contributed by atoms with Gasteiger partial charge in [-0.2, -0.15) is 0 Å². The Morgan fingerprint density at radius 2 is 2.09 bits per heavy atom. The smallest absolute Gasteiger partial charge is 0.289 e. The van der Waals surface area contributed by atoms with Gasteiger partial charge in [0.2, 0.25) is 5.82 Å². The normalized spacial score (nSPS) is 11.2. The Morgan fingerprint density at radius 3 is 3.00 bits per heavy atom. The van der Waals surface area contributed by atoms with E-state index in [0.29, 0.717) is 23.4 Å². The Morgan fingerprint density at radius 1 is 1.22 bits per heavy atom. The van der Waals surface area contributed by atoms with Gasteiger partial charge in [-0.25, -0.2) is 9.61 Å². The van der Waals surface area contributed by atoms with Crippen molar-refractivity contribution in [1.29, 1.82) is 0 Å². The van der Waals surface area contributed by atoms with E-state index in [0.717, 1.165) is 11.3 Å². The summed E-state index contributed by atoms with van der Waals surface area (Å²) >= 11 is 0. The van der Waals surface area contributed by atoms with Crippen LogP contribution >= 0.6 is 0 Å². The molecule has 1 amide bonds. The van der Waals surface area contributed by atoms with Crippen molar-refractivity contribution in [3.8, 4) is 0 Å². The quantitative estimate of drug-likeness (QED) is 0.598. The number of rotatable bonds is 3. The fourth-order valence-corrected chi connectivity index (χ4v) is 2.23. The summed E-state index contributed by atoms with van der Waals surface area (Å²) in [7, 11) is 0. The first-order valence-corrected chi connectivity index (χ1v) is 6.88. The molecule has 114 valence electrons. The van der Waals surface area contributed by atoms with Crippen molar-refractivity contribution < 1.29 is 9.42 Å². The molecule has 0 fully saturated rings. The van der Waals surface area contributed by atoms with Crippen LogP contribution in [0.5, 0.6) is 0 Å². The van der Waals surface area contributed by atoms with E-state index >= 15 is 0 Å². The van der Waals surface area contributed by atoms with E-state index in [-0.39, 0.29) is 11.7 Å². The molecule has 4 aromatic rings. The van der Waals surface area contributed by atoms with Crippen LogP contribution in [0, 0.1) is 6.92 Å². The maximum atomic E-state index is 12.3. The van der Waals surface area contributed by atoms with Crippen LogP contribution in [-0.4, -0.2) is 35.8 Å². The topological polar surface area (TPSA) is 111 Å². The molecule has 23 heavy (non-hydrogen) atoms. The van der Waals surface area contributed by atoms with Crippen molar-refractivity contribution in [2.45, 2.75) is 13.5 Å². The van der Waals surface area contributed by atoms with Gasteiger partial charge in [0.1, 0.15) is 11.0 Å². The number of fused-ring (bicyclic) bond motifs is 2. The van der Waals surface area contributed by atoms with E-state index in [1.165, 1.54) is 0 Å². The standard InChI is InChI=1S/C14H11N7O2/c1-8-4-5-21-12(17-18-14(21)16-8)13(22)15-7-9-2-3-10-11(6-9)20-23-19-10/h2-6H,7H2,1H3,(H,15,22). The minimum absolute atomic E-state index is 0.191. The molecule has 0 atom stereocenters. The van der Waals surface area contributed by atoms with Crippen molar-refractivity contribution in [1.82, 2.24) is 35.2 Å². The predicted molar refractivity (Wildman–Crippen MR) is 78.5 cm³/mol. The number of carbonyl (C=O) groups excluding carboxylic acids is 1. The first kappa shape index (κ1) is 13.3. The minimum Gasteiger partial charge on any atom is -0.345 e. The number of aryl methyl sites for hydroxylation is 1. The second-order valence-corrected chi connectivity index (χ2v) is 5.03. The maximum absolute atomic E-state index is 12.3. The fraction of sp³-hybridized carbons (Fsp3) is 0.143. The van der Waals surface area contributed by atoms with Gasteiger partial charge in [0.15, 0.2) is 0 Å². The average molecular weight is 309 g/mol. The third-order valence-corrected chi connectivity index (χ3v) is 3.39. The molecule has 1 N–H and O–H groups in total. The summed E-state index contributed by atoms with van der Waals surface area (Å²) in [5, 5.41) is 18.1. The zero-order valence-corrected chi connectivity index (χ0v) is 12.1. The highest BCUT2D eigenvalue weighted by molar-refractivity contribution is 5.91. The van der Waals surface area contributed by atoms with Crippen LogP contribution in [0.1, 0.15) is 21.9 Å². The number of benzene rings is 1. The largest absolute Gasteiger partial charge is 0.345 e. The number of hydrogen-bond donors (Lipinski definition) is 1. The van der Waals surface area contributed by atoms with E-state index in [9.17, 15) is 4.79 Å². The molecule has 0 radical (unpaired) electrons. The van der Waals surface area contributed by atoms with Crippen LogP contribution in [0.25, 0.3) is 16.8 Å². The molecule has 0 saturated carbocycles. The summed E-state index contributed by atoms with van der Waals surface area (Å²) in [4.78, 5) is 16.5. The lowest BCUT2D eigenvalue weighted by Gasteiger charge is -2.04. The molecule has 4 rings (SSSR count). The lowest BCUT2D eigenvalue weighted by molar-refractivity contribution is 0.0939. The second-order valence-electron chi connectivity index (χ2n) is 5.03. The molecule has 0 aliphatic rings. The van der Waals surface area contributed by atoms with Gasteiger partial charge in [0.25, 0.3) is 11.7 Å². The monoisotopic (exact) mass is 309 g/mol. The van der Waals surface area contributed by atoms with Gasteiger partial charge in [0.05, 0.1) is 0 Å². The molecule has 9 nitrogen and oxygen atoms in total. The van der Waals surface area contributed by atoms with Crippen molar-refractivity contribution in [2.24, 2.45) is 0 Å². The molecule has 0 bridgehead atoms. The summed E-state index contributed by atoms with van der Waals surface area (Å²) in [5.74, 6) is 0.253. The molecule has 0 unspecified atom stereocenters. The highest BCUT2D eigenvalue weighted by Crippen LogP contribution is 2.11. The van der Waals surface area contributed by atoms with E-state index in [4.69, 9.17) is 0 Å². The number of aromatic nitrogens is 6. The highest BCUT2D eigenvalue weighted by atomic mass is 16.6. The third kappa shape index (κ3) is 2.37. The molecule has 3 aromatic heterocycles. The van der Waals surface area contributed by atoms with Crippen LogP contribution in [0.4, 0.5) is 0 Å². The second kappa shape index (κ2) is 5.13. The van der Waals surface area contributed by atoms with Crippen LogP contribution in [0.3, 0.4) is 0 Å². The maximum Gasteiger partial charge on any atom is 0.289 e. The Kier molecular flexibility index (Phi) is 2.97. The van der Waals surface area contributed by atoms with Crippen LogP contribution in [-0.2, 0) is 6.54 Å². The molecule has 1 aromatic carbocycles. The van der Waals surface area contributed by atoms with E-state index in [2.05, 4.69) is 35.4 Å². The number of amides is 1. The van der Waals surface area contributed by atoms with E-state index < -0.39 is 0 Å². The zero-order chi connectivity index (χ0) is 15.8. The van der Waals surface area contributed by atoms with E-state index in [1.807, 2.05) is 13.0 Å². The molecule has 3 heterocycles. The molecule has 0 spiro atoms. The SMILES string of the molecule is Cc1ccn2c(C(=O)NCc3ccc4nonc4c3)nnc2n1. The highest BCUT2D eigenvalue weighted by Gasteiger charge is 2.14. The Hall–Kier alpha value is -3.36. The summed E-state index contributed by atoms with van der Waals surface area (Å²) in [6.07, 6.45) is 1.72. The summed E-state index contributed by atoms with van der Waals surface area (Å²) < 4.78 is 6.20. The first-order valence-electron chi connectivity index (χ1n) is 6.88. The molecule has 0 aliphatic carbocycles. The van der Waals surface area contributed by atoms with Crippen LogP contribution in [0.15, 0.2) is 35.1 Å². The van der Waals surface area contributed by atoms with Gasteiger partial charge < -0.3 is 5.32 Å². The third-order valence-electron chi connectivity index (χ3n) is 3.39. The fourth-order valence-electron chi connectivity index (χ4n) is 2.23. The van der Waals surface area contributed by atoms with Crippen molar-refractivity contribution in [2.75, 3.05) is 0 Å². The first-order chi connectivity index (χ1) is 11.2. The zero-order valence-electron chi connectivity index (χ0n) is 12.1. The van der Waals surface area contributed by atoms with Crippen LogP contribution < -0.4 is 5.32 Å². The lowest BCUT2D eigenvalue weighted by Crippen LogP contribution is -2.25. The number of hydrogen-bond acceptors (Lipinski definition) is 7. The van der Waals surface area contributed by atoms with Crippen molar-refractivity contribution >= 4 is 22.7 Å². The lowest BCUT2D eigenvalue weighted by atomic mass is 10.2. The van der Waals surface area contributed by atoms with Crippen molar-refractivity contribution in [3.63, 3.8) is 0 Å². The van der Waals surface area contributed by atoms with Gasteiger partial charge in [-0.15, -0.1) is 10.2 Å². The number of nitrogens with zero attached hydrogens (tertiary/aromatic N) is 6. The van der Waals surface area contributed by atoms with Gasteiger partial charge in [-0.1, -0.05) is 6.07 Å². The summed E-state index contributed by atoms with van der Waals surface area (Å²) in [6.45, 7) is 2.18. The minimum atomic E-state index is -0.332. The molecule has 0 aliphatic heterocycles. The molecular weight excluding hydrogens is 298 g/mol. The molecule has 9 heteroatoms. The average Bonchev–Trinajstić information content (AvgIpc) is 3.18. The summed E-state index contributed by atoms with van der Waals surface area (Å²) in [6, 6.07) is 7.23. The van der Waals surface area contributed by atoms with Gasteiger partial charge in [-0.3, -0.25) is 9.20 Å². The summed E-state index contributed by atoms with van der Waals surface area (Å²) in [5.41, 5.74) is 3.00. The van der Waals surface area contributed by atoms with Crippen LogP contribution in [0.2, 0.25) is 0 Å². The van der Waals surface area contributed by atoms with Gasteiger partial charge in [0, 0.05) is 18.4 Å². The Labute approximate surface area is 129 Å². The molecule has 0 saturated heterocycles. The molecular formula is C14H11N7O2. The Balaban J connectivity index is 1.54. The predicted octanol–water partition coefficient (Wildman–Crippen LogP) is 0.899. The number of nitrogens with one attached hydrogen (secondary N) is 1. The van der Waals surface area contributed by atoms with Gasteiger partial charge >= 0.3 is 0 Å². The van der Waals surface area contributed by atoms with Gasteiger partial charge in [-0.05, 0) is 41.0 Å². The Bertz CT molecular complexity index is 1020. The van der Waals surface area contributed by atoms with E-state index in [1.54, 1.807) is 28.8 Å².